The average Bonchev–Trinajstić information content (AvgIpc) is 2.77. The number of nitrogens with one attached hydrogen (secondary N) is 1. The minimum absolute atomic E-state index is 0.493. The number of hydrogen-bond donors (Lipinski definition) is 1. The SMILES string of the molecule is Cc1cn(CC(C)C)c(NC2CCc3ccccc3C2)n1. The van der Waals surface area contributed by atoms with E-state index in [0.717, 1.165) is 31.0 Å². The Labute approximate surface area is 127 Å². The molecule has 1 aromatic heterocycles. The zero-order valence-corrected chi connectivity index (χ0v) is 13.3. The molecule has 0 spiro atoms. The van der Waals surface area contributed by atoms with E-state index in [-0.39, 0.29) is 0 Å². The van der Waals surface area contributed by atoms with Crippen molar-refractivity contribution in [2.75, 3.05) is 5.32 Å². The first-order valence-electron chi connectivity index (χ1n) is 7.99. The molecule has 1 unspecified atom stereocenters. The third-order valence-electron chi connectivity index (χ3n) is 4.14. The normalized spacial score (nSPS) is 17.8. The van der Waals surface area contributed by atoms with Crippen molar-refractivity contribution in [1.29, 1.82) is 0 Å². The summed E-state index contributed by atoms with van der Waals surface area (Å²) in [7, 11) is 0. The molecule has 0 aliphatic heterocycles. The lowest BCUT2D eigenvalue weighted by molar-refractivity contribution is 0.519. The summed E-state index contributed by atoms with van der Waals surface area (Å²) < 4.78 is 2.26. The number of rotatable bonds is 4. The van der Waals surface area contributed by atoms with Crippen LogP contribution in [0.3, 0.4) is 0 Å². The highest BCUT2D eigenvalue weighted by molar-refractivity contribution is 5.36. The zero-order chi connectivity index (χ0) is 14.8. The number of aryl methyl sites for hydroxylation is 2. The highest BCUT2D eigenvalue weighted by atomic mass is 15.2. The van der Waals surface area contributed by atoms with E-state index in [1.807, 2.05) is 0 Å². The van der Waals surface area contributed by atoms with E-state index in [9.17, 15) is 0 Å². The molecule has 1 aliphatic carbocycles. The second-order valence-corrected chi connectivity index (χ2v) is 6.60. The number of fused-ring (bicyclic) bond motifs is 1. The Morgan fingerprint density at radius 2 is 2.05 bits per heavy atom. The number of imidazole rings is 1. The van der Waals surface area contributed by atoms with Crippen LogP contribution in [0.25, 0.3) is 0 Å². The highest BCUT2D eigenvalue weighted by Crippen LogP contribution is 2.23. The predicted molar refractivity (Wildman–Crippen MR) is 87.7 cm³/mol. The Morgan fingerprint density at radius 3 is 2.81 bits per heavy atom. The number of benzene rings is 1. The lowest BCUT2D eigenvalue weighted by Crippen LogP contribution is -2.29. The maximum Gasteiger partial charge on any atom is 0.203 e. The minimum Gasteiger partial charge on any atom is -0.353 e. The van der Waals surface area contributed by atoms with Gasteiger partial charge in [-0.25, -0.2) is 4.98 Å². The van der Waals surface area contributed by atoms with E-state index < -0.39 is 0 Å². The van der Waals surface area contributed by atoms with Crippen LogP contribution in [-0.2, 0) is 19.4 Å². The van der Waals surface area contributed by atoms with Gasteiger partial charge in [-0.3, -0.25) is 0 Å². The van der Waals surface area contributed by atoms with Crippen LogP contribution in [0.1, 0.15) is 37.1 Å². The smallest absolute Gasteiger partial charge is 0.203 e. The molecule has 21 heavy (non-hydrogen) atoms. The van der Waals surface area contributed by atoms with E-state index in [4.69, 9.17) is 0 Å². The summed E-state index contributed by atoms with van der Waals surface area (Å²) >= 11 is 0. The fourth-order valence-electron chi connectivity index (χ4n) is 3.20. The lowest BCUT2D eigenvalue weighted by Gasteiger charge is -2.26. The Morgan fingerprint density at radius 1 is 1.29 bits per heavy atom. The standard InChI is InChI=1S/C18H25N3/c1-13(2)11-21-12-14(3)19-18(21)20-17-9-8-15-6-4-5-7-16(15)10-17/h4-7,12-13,17H,8-11H2,1-3H3,(H,19,20). The summed E-state index contributed by atoms with van der Waals surface area (Å²) in [6.07, 6.45) is 5.60. The number of hydrogen-bond acceptors (Lipinski definition) is 2. The van der Waals surface area contributed by atoms with Crippen LogP contribution in [0.4, 0.5) is 5.95 Å². The second-order valence-electron chi connectivity index (χ2n) is 6.60. The Bertz CT molecular complexity index is 613. The second kappa shape index (κ2) is 5.92. The van der Waals surface area contributed by atoms with Gasteiger partial charge in [-0.2, -0.15) is 0 Å². The van der Waals surface area contributed by atoms with Gasteiger partial charge >= 0.3 is 0 Å². The molecule has 1 aliphatic rings. The van der Waals surface area contributed by atoms with Crippen molar-refractivity contribution in [2.24, 2.45) is 5.92 Å². The van der Waals surface area contributed by atoms with E-state index >= 15 is 0 Å². The summed E-state index contributed by atoms with van der Waals surface area (Å²) in [5.74, 6) is 1.66. The van der Waals surface area contributed by atoms with Crippen molar-refractivity contribution >= 4 is 5.95 Å². The topological polar surface area (TPSA) is 29.9 Å². The van der Waals surface area contributed by atoms with Gasteiger partial charge in [-0.1, -0.05) is 38.1 Å². The molecule has 0 saturated heterocycles. The van der Waals surface area contributed by atoms with Crippen LogP contribution >= 0.6 is 0 Å². The molecule has 2 aromatic rings. The predicted octanol–water partition coefficient (Wildman–Crippen LogP) is 3.82. The van der Waals surface area contributed by atoms with Gasteiger partial charge in [-0.15, -0.1) is 0 Å². The molecule has 112 valence electrons. The molecule has 3 heteroatoms. The van der Waals surface area contributed by atoms with Crippen molar-refractivity contribution in [1.82, 2.24) is 9.55 Å². The fraction of sp³-hybridized carbons (Fsp3) is 0.500. The van der Waals surface area contributed by atoms with Crippen LogP contribution in [-0.4, -0.2) is 15.6 Å². The summed E-state index contributed by atoms with van der Waals surface area (Å²) in [4.78, 5) is 4.67. The largest absolute Gasteiger partial charge is 0.353 e. The summed E-state index contributed by atoms with van der Waals surface area (Å²) in [5, 5.41) is 3.67. The summed E-state index contributed by atoms with van der Waals surface area (Å²) in [6.45, 7) is 7.58. The molecule has 1 heterocycles. The van der Waals surface area contributed by atoms with E-state index in [1.54, 1.807) is 0 Å². The first-order chi connectivity index (χ1) is 10.1. The molecular weight excluding hydrogens is 258 g/mol. The number of anilines is 1. The third-order valence-corrected chi connectivity index (χ3v) is 4.14. The third kappa shape index (κ3) is 3.29. The molecule has 3 rings (SSSR count). The lowest BCUT2D eigenvalue weighted by atomic mass is 9.88. The molecule has 0 saturated carbocycles. The molecule has 1 atom stereocenters. The van der Waals surface area contributed by atoms with Gasteiger partial charge in [-0.05, 0) is 43.2 Å². The van der Waals surface area contributed by atoms with Crippen LogP contribution in [0.15, 0.2) is 30.5 Å². The fourth-order valence-corrected chi connectivity index (χ4v) is 3.20. The van der Waals surface area contributed by atoms with Crippen molar-refractivity contribution in [3.8, 4) is 0 Å². The van der Waals surface area contributed by atoms with Crippen LogP contribution in [0, 0.1) is 12.8 Å². The van der Waals surface area contributed by atoms with Gasteiger partial charge in [0.25, 0.3) is 0 Å². The molecule has 0 fully saturated rings. The monoisotopic (exact) mass is 283 g/mol. The first-order valence-corrected chi connectivity index (χ1v) is 7.99. The molecule has 1 N–H and O–H groups in total. The van der Waals surface area contributed by atoms with Crippen molar-refractivity contribution in [3.63, 3.8) is 0 Å². The van der Waals surface area contributed by atoms with Crippen molar-refractivity contribution in [3.05, 3.63) is 47.3 Å². The van der Waals surface area contributed by atoms with Gasteiger partial charge in [0.05, 0.1) is 5.69 Å². The average molecular weight is 283 g/mol. The minimum atomic E-state index is 0.493. The van der Waals surface area contributed by atoms with E-state index in [1.165, 1.54) is 17.5 Å². The Hall–Kier alpha value is -1.77. The maximum atomic E-state index is 4.67. The number of aromatic nitrogens is 2. The summed E-state index contributed by atoms with van der Waals surface area (Å²) in [6, 6.07) is 9.30. The highest BCUT2D eigenvalue weighted by Gasteiger charge is 2.19. The molecule has 3 nitrogen and oxygen atoms in total. The van der Waals surface area contributed by atoms with Gasteiger partial charge < -0.3 is 9.88 Å². The molecule has 1 aromatic carbocycles. The quantitative estimate of drug-likeness (QED) is 0.924. The van der Waals surface area contributed by atoms with Crippen molar-refractivity contribution in [2.45, 2.75) is 52.6 Å². The van der Waals surface area contributed by atoms with Gasteiger partial charge in [0.15, 0.2) is 0 Å². The van der Waals surface area contributed by atoms with Crippen LogP contribution in [0.2, 0.25) is 0 Å². The number of nitrogens with zero attached hydrogens (tertiary/aromatic N) is 2. The Kier molecular flexibility index (Phi) is 4.00. The van der Waals surface area contributed by atoms with Gasteiger partial charge in [0.1, 0.15) is 0 Å². The summed E-state index contributed by atoms with van der Waals surface area (Å²) in [5.41, 5.74) is 4.09. The first kappa shape index (κ1) is 14.2. The van der Waals surface area contributed by atoms with E-state index in [2.05, 4.69) is 66.1 Å². The molecule has 0 bridgehead atoms. The van der Waals surface area contributed by atoms with E-state index in [0.29, 0.717) is 12.0 Å². The van der Waals surface area contributed by atoms with Crippen LogP contribution in [0.5, 0.6) is 0 Å². The van der Waals surface area contributed by atoms with Crippen LogP contribution < -0.4 is 5.32 Å². The molecule has 0 radical (unpaired) electrons. The van der Waals surface area contributed by atoms with Gasteiger partial charge in [0.2, 0.25) is 5.95 Å². The zero-order valence-electron chi connectivity index (χ0n) is 13.3. The van der Waals surface area contributed by atoms with Gasteiger partial charge in [0, 0.05) is 18.8 Å². The Balaban J connectivity index is 1.73. The molecule has 0 amide bonds. The maximum absolute atomic E-state index is 4.67. The molecular formula is C18H25N3. The van der Waals surface area contributed by atoms with Crippen molar-refractivity contribution < 1.29 is 0 Å².